The molecule has 0 radical (unpaired) electrons. The van der Waals surface area contributed by atoms with Crippen LogP contribution in [0.5, 0.6) is 0 Å². The molecule has 3 nitrogen and oxygen atoms in total. The Morgan fingerprint density at radius 2 is 2.33 bits per heavy atom. The van der Waals surface area contributed by atoms with Gasteiger partial charge in [-0.1, -0.05) is 13.0 Å². The standard InChI is InChI=1S/C9H17NO2/c1-4-6-7-10(3)8(5-2)9(11)12/h4,8H,1,5-7H2,2-3H3,(H,11,12). The van der Waals surface area contributed by atoms with Gasteiger partial charge in [0.1, 0.15) is 6.04 Å². The van der Waals surface area contributed by atoms with Crippen LogP contribution >= 0.6 is 0 Å². The third-order valence-electron chi connectivity index (χ3n) is 1.89. The van der Waals surface area contributed by atoms with Gasteiger partial charge in [0.05, 0.1) is 0 Å². The summed E-state index contributed by atoms with van der Waals surface area (Å²) in [6, 6.07) is -0.357. The predicted octanol–water partition coefficient (Wildman–Crippen LogP) is 1.36. The lowest BCUT2D eigenvalue weighted by Crippen LogP contribution is -2.38. The number of nitrogens with zero attached hydrogens (tertiary/aromatic N) is 1. The third kappa shape index (κ3) is 3.53. The van der Waals surface area contributed by atoms with E-state index in [1.807, 2.05) is 18.9 Å². The quantitative estimate of drug-likeness (QED) is 0.613. The summed E-state index contributed by atoms with van der Waals surface area (Å²) in [7, 11) is 1.83. The summed E-state index contributed by atoms with van der Waals surface area (Å²) in [5.74, 6) is -0.746. The molecule has 0 heterocycles. The van der Waals surface area contributed by atoms with E-state index >= 15 is 0 Å². The molecular formula is C9H17NO2. The van der Waals surface area contributed by atoms with Crippen molar-refractivity contribution in [3.05, 3.63) is 12.7 Å². The highest BCUT2D eigenvalue weighted by Gasteiger charge is 2.18. The summed E-state index contributed by atoms with van der Waals surface area (Å²) in [6.45, 7) is 6.22. The van der Waals surface area contributed by atoms with Gasteiger partial charge in [0.15, 0.2) is 0 Å². The normalized spacial score (nSPS) is 12.9. The van der Waals surface area contributed by atoms with Gasteiger partial charge in [0.2, 0.25) is 0 Å². The number of rotatable bonds is 6. The predicted molar refractivity (Wildman–Crippen MR) is 49.2 cm³/mol. The van der Waals surface area contributed by atoms with Gasteiger partial charge in [0, 0.05) is 6.54 Å². The number of likely N-dealkylation sites (N-methyl/N-ethyl adjacent to an activating group) is 1. The minimum Gasteiger partial charge on any atom is -0.480 e. The van der Waals surface area contributed by atoms with Gasteiger partial charge in [-0.3, -0.25) is 9.69 Å². The highest BCUT2D eigenvalue weighted by atomic mass is 16.4. The molecular weight excluding hydrogens is 154 g/mol. The number of carbonyl (C=O) groups is 1. The van der Waals surface area contributed by atoms with Crippen molar-refractivity contribution in [2.24, 2.45) is 0 Å². The highest BCUT2D eigenvalue weighted by Crippen LogP contribution is 2.02. The largest absolute Gasteiger partial charge is 0.480 e. The van der Waals surface area contributed by atoms with Crippen molar-refractivity contribution in [2.45, 2.75) is 25.8 Å². The number of hydrogen-bond acceptors (Lipinski definition) is 2. The van der Waals surface area contributed by atoms with Crippen LogP contribution in [0.15, 0.2) is 12.7 Å². The first-order chi connectivity index (χ1) is 5.63. The zero-order valence-electron chi connectivity index (χ0n) is 7.79. The number of carboxylic acids is 1. The van der Waals surface area contributed by atoms with Crippen LogP contribution in [0.4, 0.5) is 0 Å². The van der Waals surface area contributed by atoms with Crippen molar-refractivity contribution in [1.29, 1.82) is 0 Å². The molecule has 1 unspecified atom stereocenters. The van der Waals surface area contributed by atoms with Gasteiger partial charge in [-0.15, -0.1) is 6.58 Å². The SMILES string of the molecule is C=CCCN(C)C(CC)C(=O)O. The lowest BCUT2D eigenvalue weighted by molar-refractivity contribution is -0.142. The van der Waals surface area contributed by atoms with Gasteiger partial charge in [0.25, 0.3) is 0 Å². The molecule has 0 amide bonds. The van der Waals surface area contributed by atoms with Gasteiger partial charge in [-0.05, 0) is 19.9 Å². The summed E-state index contributed by atoms with van der Waals surface area (Å²) in [5, 5.41) is 8.78. The van der Waals surface area contributed by atoms with Crippen molar-refractivity contribution in [1.82, 2.24) is 4.90 Å². The number of carboxylic acid groups (broad SMARTS) is 1. The van der Waals surface area contributed by atoms with E-state index in [1.54, 1.807) is 6.08 Å². The van der Waals surface area contributed by atoms with E-state index in [0.717, 1.165) is 13.0 Å². The molecule has 0 rings (SSSR count). The van der Waals surface area contributed by atoms with Crippen molar-refractivity contribution in [3.8, 4) is 0 Å². The molecule has 0 saturated carbocycles. The Balaban J connectivity index is 3.93. The average Bonchev–Trinajstić information content (AvgIpc) is 2.01. The molecule has 1 atom stereocenters. The Bertz CT molecular complexity index is 157. The second kappa shape index (κ2) is 5.77. The monoisotopic (exact) mass is 171 g/mol. The smallest absolute Gasteiger partial charge is 0.320 e. The molecule has 0 aromatic rings. The topological polar surface area (TPSA) is 40.5 Å². The lowest BCUT2D eigenvalue weighted by Gasteiger charge is -2.22. The highest BCUT2D eigenvalue weighted by molar-refractivity contribution is 5.73. The maximum Gasteiger partial charge on any atom is 0.320 e. The van der Waals surface area contributed by atoms with E-state index in [9.17, 15) is 4.79 Å². The summed E-state index contributed by atoms with van der Waals surface area (Å²) in [4.78, 5) is 12.5. The molecule has 1 N–H and O–H groups in total. The van der Waals surface area contributed by atoms with Gasteiger partial charge in [-0.25, -0.2) is 0 Å². The van der Waals surface area contributed by atoms with E-state index in [0.29, 0.717) is 6.42 Å². The summed E-state index contributed by atoms with van der Waals surface area (Å²) in [6.07, 6.45) is 3.27. The second-order valence-corrected chi connectivity index (χ2v) is 2.82. The van der Waals surface area contributed by atoms with Crippen LogP contribution < -0.4 is 0 Å². The van der Waals surface area contributed by atoms with Crippen LogP contribution in [0.2, 0.25) is 0 Å². The molecule has 0 aliphatic carbocycles. The fourth-order valence-electron chi connectivity index (χ4n) is 1.13. The maximum absolute atomic E-state index is 10.7. The fraction of sp³-hybridized carbons (Fsp3) is 0.667. The zero-order valence-corrected chi connectivity index (χ0v) is 7.79. The van der Waals surface area contributed by atoms with Crippen LogP contribution in [-0.4, -0.2) is 35.6 Å². The average molecular weight is 171 g/mol. The van der Waals surface area contributed by atoms with Crippen LogP contribution in [0.3, 0.4) is 0 Å². The molecule has 0 aromatic carbocycles. The Morgan fingerprint density at radius 1 is 1.75 bits per heavy atom. The molecule has 0 aromatic heterocycles. The molecule has 0 fully saturated rings. The first-order valence-corrected chi connectivity index (χ1v) is 4.17. The molecule has 0 aliphatic rings. The van der Waals surface area contributed by atoms with Crippen LogP contribution in [0, 0.1) is 0 Å². The van der Waals surface area contributed by atoms with Crippen molar-refractivity contribution in [3.63, 3.8) is 0 Å². The van der Waals surface area contributed by atoms with Gasteiger partial charge < -0.3 is 5.11 Å². The van der Waals surface area contributed by atoms with Crippen molar-refractivity contribution < 1.29 is 9.90 Å². The van der Waals surface area contributed by atoms with Crippen LogP contribution in [-0.2, 0) is 4.79 Å². The number of aliphatic carboxylic acids is 1. The molecule has 0 bridgehead atoms. The van der Waals surface area contributed by atoms with Gasteiger partial charge in [-0.2, -0.15) is 0 Å². The summed E-state index contributed by atoms with van der Waals surface area (Å²) >= 11 is 0. The molecule has 12 heavy (non-hydrogen) atoms. The fourth-order valence-corrected chi connectivity index (χ4v) is 1.13. The van der Waals surface area contributed by atoms with Crippen molar-refractivity contribution in [2.75, 3.05) is 13.6 Å². The van der Waals surface area contributed by atoms with Crippen LogP contribution in [0.1, 0.15) is 19.8 Å². The van der Waals surface area contributed by atoms with Crippen LogP contribution in [0.25, 0.3) is 0 Å². The first-order valence-electron chi connectivity index (χ1n) is 4.17. The van der Waals surface area contributed by atoms with E-state index in [1.165, 1.54) is 0 Å². The van der Waals surface area contributed by atoms with E-state index < -0.39 is 5.97 Å². The molecule has 0 saturated heterocycles. The lowest BCUT2D eigenvalue weighted by atomic mass is 10.2. The molecule has 3 heteroatoms. The minimum atomic E-state index is -0.746. The Labute approximate surface area is 73.7 Å². The Morgan fingerprint density at radius 3 is 2.67 bits per heavy atom. The zero-order chi connectivity index (χ0) is 9.56. The minimum absolute atomic E-state index is 0.357. The third-order valence-corrected chi connectivity index (χ3v) is 1.89. The maximum atomic E-state index is 10.7. The molecule has 0 spiro atoms. The van der Waals surface area contributed by atoms with Crippen molar-refractivity contribution >= 4 is 5.97 Å². The Hall–Kier alpha value is -0.830. The number of hydrogen-bond donors (Lipinski definition) is 1. The van der Waals surface area contributed by atoms with Gasteiger partial charge >= 0.3 is 5.97 Å². The van der Waals surface area contributed by atoms with E-state index in [4.69, 9.17) is 5.11 Å². The Kier molecular flexibility index (Phi) is 5.37. The van der Waals surface area contributed by atoms with E-state index in [-0.39, 0.29) is 6.04 Å². The molecule has 0 aliphatic heterocycles. The van der Waals surface area contributed by atoms with E-state index in [2.05, 4.69) is 6.58 Å². The summed E-state index contributed by atoms with van der Waals surface area (Å²) < 4.78 is 0. The first kappa shape index (κ1) is 11.2. The molecule has 70 valence electrons. The summed E-state index contributed by atoms with van der Waals surface area (Å²) in [5.41, 5.74) is 0. The second-order valence-electron chi connectivity index (χ2n) is 2.82.